The molecule has 4 aromatic rings. The van der Waals surface area contributed by atoms with E-state index in [2.05, 4.69) is 28.1 Å². The number of imidazole rings is 1. The van der Waals surface area contributed by atoms with Crippen molar-refractivity contribution in [3.63, 3.8) is 0 Å². The van der Waals surface area contributed by atoms with Crippen molar-refractivity contribution < 1.29 is 4.79 Å². The van der Waals surface area contributed by atoms with Gasteiger partial charge in [0.2, 0.25) is 5.91 Å². The molecule has 0 saturated heterocycles. The number of carbonyl (C=O) groups excluding carboxylic acids is 1. The van der Waals surface area contributed by atoms with Gasteiger partial charge in [0.05, 0.1) is 17.1 Å². The van der Waals surface area contributed by atoms with Crippen LogP contribution in [-0.4, -0.2) is 15.5 Å². The minimum absolute atomic E-state index is 0.139. The van der Waals surface area contributed by atoms with E-state index in [4.69, 9.17) is 4.98 Å². The van der Waals surface area contributed by atoms with Crippen molar-refractivity contribution in [1.29, 1.82) is 0 Å². The van der Waals surface area contributed by atoms with E-state index in [1.54, 1.807) is 6.08 Å². The van der Waals surface area contributed by atoms with Gasteiger partial charge in [-0.15, -0.1) is 0 Å². The zero-order chi connectivity index (χ0) is 20.1. The second kappa shape index (κ2) is 8.57. The fraction of sp³-hybridized carbons (Fsp3) is 0.120. The van der Waals surface area contributed by atoms with Crippen LogP contribution in [0.5, 0.6) is 0 Å². The predicted octanol–water partition coefficient (Wildman–Crippen LogP) is 4.98. The zero-order valence-electron chi connectivity index (χ0n) is 16.3. The van der Waals surface area contributed by atoms with E-state index in [0.717, 1.165) is 22.4 Å². The maximum absolute atomic E-state index is 12.4. The molecule has 0 fully saturated rings. The third-order valence-corrected chi connectivity index (χ3v) is 4.84. The summed E-state index contributed by atoms with van der Waals surface area (Å²) in [7, 11) is 0. The van der Waals surface area contributed by atoms with Crippen LogP contribution < -0.4 is 5.32 Å². The third-order valence-electron chi connectivity index (χ3n) is 4.84. The summed E-state index contributed by atoms with van der Waals surface area (Å²) in [6, 6.07) is 27.9. The highest BCUT2D eigenvalue weighted by atomic mass is 16.1. The molecule has 144 valence electrons. The highest BCUT2D eigenvalue weighted by molar-refractivity contribution is 5.92. The van der Waals surface area contributed by atoms with Crippen LogP contribution in [-0.2, 0) is 11.3 Å². The fourth-order valence-corrected chi connectivity index (χ4v) is 3.42. The minimum Gasteiger partial charge on any atom is -0.343 e. The maximum atomic E-state index is 12.4. The summed E-state index contributed by atoms with van der Waals surface area (Å²) in [6.07, 6.45) is 3.38. The van der Waals surface area contributed by atoms with Crippen molar-refractivity contribution in [3.8, 4) is 0 Å². The molecule has 0 aliphatic carbocycles. The second-order valence-corrected chi connectivity index (χ2v) is 7.00. The van der Waals surface area contributed by atoms with Gasteiger partial charge >= 0.3 is 0 Å². The number of benzene rings is 3. The Labute approximate surface area is 170 Å². The highest BCUT2D eigenvalue weighted by Crippen LogP contribution is 2.22. The van der Waals surface area contributed by atoms with Gasteiger partial charge < -0.3 is 9.88 Å². The van der Waals surface area contributed by atoms with Crippen molar-refractivity contribution in [2.24, 2.45) is 0 Å². The topological polar surface area (TPSA) is 46.9 Å². The van der Waals surface area contributed by atoms with E-state index >= 15 is 0 Å². The lowest BCUT2D eigenvalue weighted by atomic mass is 10.2. The molecule has 1 unspecified atom stereocenters. The number of nitrogens with zero attached hydrogens (tertiary/aromatic N) is 2. The number of carbonyl (C=O) groups is 1. The lowest BCUT2D eigenvalue weighted by molar-refractivity contribution is -0.117. The summed E-state index contributed by atoms with van der Waals surface area (Å²) >= 11 is 0. The molecule has 4 rings (SSSR count). The summed E-state index contributed by atoms with van der Waals surface area (Å²) in [5, 5.41) is 3.04. The molecule has 0 saturated carbocycles. The zero-order valence-corrected chi connectivity index (χ0v) is 16.3. The number of hydrogen-bond donors (Lipinski definition) is 1. The Morgan fingerprint density at radius 1 is 0.966 bits per heavy atom. The van der Waals surface area contributed by atoms with Gasteiger partial charge in [-0.25, -0.2) is 4.98 Å². The van der Waals surface area contributed by atoms with Crippen LogP contribution in [0.4, 0.5) is 0 Å². The summed E-state index contributed by atoms with van der Waals surface area (Å²) in [6.45, 7) is 2.67. The SMILES string of the molecule is CC(NC(=O)C=Cc1ccccc1)c1nc2ccccc2n1Cc1ccccc1. The van der Waals surface area contributed by atoms with Crippen molar-refractivity contribution in [3.05, 3.63) is 108 Å². The molecule has 0 spiro atoms. The van der Waals surface area contributed by atoms with E-state index in [-0.39, 0.29) is 11.9 Å². The first kappa shape index (κ1) is 18.7. The number of amides is 1. The van der Waals surface area contributed by atoms with E-state index in [9.17, 15) is 4.79 Å². The average molecular weight is 381 g/mol. The summed E-state index contributed by atoms with van der Waals surface area (Å²) in [4.78, 5) is 17.3. The van der Waals surface area contributed by atoms with Crippen molar-refractivity contribution in [1.82, 2.24) is 14.9 Å². The van der Waals surface area contributed by atoms with Crippen LogP contribution in [0.25, 0.3) is 17.1 Å². The second-order valence-electron chi connectivity index (χ2n) is 7.00. The van der Waals surface area contributed by atoms with Crippen LogP contribution in [0.1, 0.15) is 29.9 Å². The van der Waals surface area contributed by atoms with Gasteiger partial charge in [0.25, 0.3) is 0 Å². The van der Waals surface area contributed by atoms with E-state index < -0.39 is 0 Å². The molecule has 4 heteroatoms. The molecule has 29 heavy (non-hydrogen) atoms. The Balaban J connectivity index is 1.58. The summed E-state index contributed by atoms with van der Waals surface area (Å²) in [5.74, 6) is 0.705. The van der Waals surface area contributed by atoms with Crippen LogP contribution in [0.2, 0.25) is 0 Å². The first-order chi connectivity index (χ1) is 14.2. The first-order valence-corrected chi connectivity index (χ1v) is 9.73. The standard InChI is InChI=1S/C25H23N3O/c1-19(26-24(29)17-16-20-10-4-2-5-11-20)25-27-22-14-8-9-15-23(22)28(25)18-21-12-6-3-7-13-21/h2-17,19H,18H2,1H3,(H,26,29). The monoisotopic (exact) mass is 381 g/mol. The molecule has 0 aliphatic rings. The van der Waals surface area contributed by atoms with Crippen molar-refractivity contribution >= 4 is 23.0 Å². The molecule has 4 nitrogen and oxygen atoms in total. The Bertz CT molecular complexity index is 1130. The summed E-state index contributed by atoms with van der Waals surface area (Å²) in [5.41, 5.74) is 4.18. The number of aromatic nitrogens is 2. The third kappa shape index (κ3) is 4.43. The van der Waals surface area contributed by atoms with Gasteiger partial charge in [-0.05, 0) is 36.3 Å². The van der Waals surface area contributed by atoms with E-state index in [1.807, 2.05) is 79.7 Å². The van der Waals surface area contributed by atoms with Gasteiger partial charge in [0.15, 0.2) is 0 Å². The lowest BCUT2D eigenvalue weighted by Gasteiger charge is -2.16. The molecule has 3 aromatic carbocycles. The van der Waals surface area contributed by atoms with Crippen LogP contribution >= 0.6 is 0 Å². The number of hydrogen-bond acceptors (Lipinski definition) is 2. The predicted molar refractivity (Wildman–Crippen MR) is 117 cm³/mol. The Kier molecular flexibility index (Phi) is 5.52. The van der Waals surface area contributed by atoms with E-state index in [0.29, 0.717) is 6.54 Å². The Morgan fingerprint density at radius 3 is 2.38 bits per heavy atom. The molecule has 1 aromatic heterocycles. The Hall–Kier alpha value is -3.66. The quantitative estimate of drug-likeness (QED) is 0.479. The molecule has 1 atom stereocenters. The van der Waals surface area contributed by atoms with Crippen LogP contribution in [0.15, 0.2) is 91.0 Å². The summed E-state index contributed by atoms with van der Waals surface area (Å²) < 4.78 is 2.18. The molecule has 1 N–H and O–H groups in total. The first-order valence-electron chi connectivity index (χ1n) is 9.73. The molecule has 0 radical (unpaired) electrons. The smallest absolute Gasteiger partial charge is 0.244 e. The van der Waals surface area contributed by atoms with Crippen LogP contribution in [0.3, 0.4) is 0 Å². The lowest BCUT2D eigenvalue weighted by Crippen LogP contribution is -2.27. The van der Waals surface area contributed by atoms with Gasteiger partial charge in [-0.2, -0.15) is 0 Å². The molecular formula is C25H23N3O. The fourth-order valence-electron chi connectivity index (χ4n) is 3.42. The minimum atomic E-state index is -0.223. The highest BCUT2D eigenvalue weighted by Gasteiger charge is 2.17. The molecule has 0 bridgehead atoms. The molecule has 1 amide bonds. The van der Waals surface area contributed by atoms with E-state index in [1.165, 1.54) is 5.56 Å². The number of rotatable bonds is 6. The number of fused-ring (bicyclic) bond motifs is 1. The van der Waals surface area contributed by atoms with Gasteiger partial charge in [0.1, 0.15) is 5.82 Å². The van der Waals surface area contributed by atoms with Gasteiger partial charge in [-0.1, -0.05) is 72.8 Å². The van der Waals surface area contributed by atoms with Gasteiger partial charge in [0, 0.05) is 12.6 Å². The molecular weight excluding hydrogens is 358 g/mol. The van der Waals surface area contributed by atoms with Crippen molar-refractivity contribution in [2.45, 2.75) is 19.5 Å². The number of para-hydroxylation sites is 2. The molecule has 0 aliphatic heterocycles. The normalized spacial score (nSPS) is 12.3. The average Bonchev–Trinajstić information content (AvgIpc) is 3.12. The molecule has 1 heterocycles. The van der Waals surface area contributed by atoms with Crippen LogP contribution in [0, 0.1) is 0 Å². The van der Waals surface area contributed by atoms with Gasteiger partial charge in [-0.3, -0.25) is 4.79 Å². The largest absolute Gasteiger partial charge is 0.343 e. The number of nitrogens with one attached hydrogen (secondary N) is 1. The van der Waals surface area contributed by atoms with Crippen molar-refractivity contribution in [2.75, 3.05) is 0 Å². The Morgan fingerprint density at radius 2 is 1.62 bits per heavy atom. The maximum Gasteiger partial charge on any atom is 0.244 e.